The molecular weight excluding hydrogens is 208 g/mol. The number of anilines is 1. The Labute approximate surface area is 106 Å². The highest BCUT2D eigenvalue weighted by atomic mass is 15.1. The zero-order chi connectivity index (χ0) is 13.1. The molecule has 0 fully saturated rings. The first kappa shape index (κ1) is 14.0. The van der Waals surface area contributed by atoms with Crippen molar-refractivity contribution in [1.29, 1.82) is 0 Å². The molecule has 0 spiro atoms. The highest BCUT2D eigenvalue weighted by molar-refractivity contribution is 5.54. The van der Waals surface area contributed by atoms with Crippen molar-refractivity contribution in [2.75, 3.05) is 25.0 Å². The average Bonchev–Trinajstić information content (AvgIpc) is 2.15. The summed E-state index contributed by atoms with van der Waals surface area (Å²) in [5.41, 5.74) is 9.89. The van der Waals surface area contributed by atoms with Crippen LogP contribution in [0, 0.1) is 12.3 Å². The van der Waals surface area contributed by atoms with Gasteiger partial charge in [-0.25, -0.2) is 0 Å². The molecule has 17 heavy (non-hydrogen) atoms. The van der Waals surface area contributed by atoms with E-state index in [2.05, 4.69) is 57.8 Å². The Kier molecular flexibility index (Phi) is 4.58. The Bertz CT molecular complexity index is 364. The van der Waals surface area contributed by atoms with Gasteiger partial charge in [-0.1, -0.05) is 32.9 Å². The normalized spacial score (nSPS) is 11.6. The molecule has 96 valence electrons. The third-order valence-electron chi connectivity index (χ3n) is 2.82. The van der Waals surface area contributed by atoms with Crippen LogP contribution in [-0.4, -0.2) is 20.1 Å². The van der Waals surface area contributed by atoms with Gasteiger partial charge in [0, 0.05) is 19.3 Å². The van der Waals surface area contributed by atoms with E-state index in [4.69, 9.17) is 5.73 Å². The fraction of sp³-hybridized carbons (Fsp3) is 0.600. The highest BCUT2D eigenvalue weighted by Crippen LogP contribution is 2.24. The van der Waals surface area contributed by atoms with Gasteiger partial charge in [-0.05, 0) is 42.5 Å². The molecule has 0 aliphatic carbocycles. The summed E-state index contributed by atoms with van der Waals surface area (Å²) in [7, 11) is 2.16. The Hall–Kier alpha value is -1.02. The van der Waals surface area contributed by atoms with Crippen LogP contribution in [0.2, 0.25) is 0 Å². The third-order valence-corrected chi connectivity index (χ3v) is 2.82. The zero-order valence-electron chi connectivity index (χ0n) is 11.9. The Morgan fingerprint density at radius 3 is 2.35 bits per heavy atom. The van der Waals surface area contributed by atoms with Crippen LogP contribution in [0.1, 0.15) is 31.9 Å². The van der Waals surface area contributed by atoms with Gasteiger partial charge < -0.3 is 10.6 Å². The van der Waals surface area contributed by atoms with Crippen LogP contribution in [0.25, 0.3) is 0 Å². The van der Waals surface area contributed by atoms with E-state index < -0.39 is 0 Å². The average molecular weight is 234 g/mol. The molecule has 2 heteroatoms. The van der Waals surface area contributed by atoms with Gasteiger partial charge in [0.05, 0.1) is 0 Å². The number of nitrogens with zero attached hydrogens (tertiary/aromatic N) is 1. The molecule has 0 aliphatic heterocycles. The SMILES string of the molecule is Cc1cc(CCN)ccc1N(C)CC(C)(C)C. The number of benzene rings is 1. The second-order valence-electron chi connectivity index (χ2n) is 6.08. The van der Waals surface area contributed by atoms with Gasteiger partial charge in [0.2, 0.25) is 0 Å². The maximum Gasteiger partial charge on any atom is 0.0393 e. The number of aryl methyl sites for hydroxylation is 1. The summed E-state index contributed by atoms with van der Waals surface area (Å²) in [5.74, 6) is 0. The van der Waals surface area contributed by atoms with Crippen LogP contribution < -0.4 is 10.6 Å². The summed E-state index contributed by atoms with van der Waals surface area (Å²) < 4.78 is 0. The van der Waals surface area contributed by atoms with Crippen molar-refractivity contribution in [2.24, 2.45) is 11.1 Å². The summed E-state index contributed by atoms with van der Waals surface area (Å²) >= 11 is 0. The Balaban J connectivity index is 2.84. The van der Waals surface area contributed by atoms with Gasteiger partial charge in [0.1, 0.15) is 0 Å². The maximum atomic E-state index is 5.58. The van der Waals surface area contributed by atoms with Crippen molar-refractivity contribution < 1.29 is 0 Å². The largest absolute Gasteiger partial charge is 0.374 e. The molecule has 0 radical (unpaired) electrons. The van der Waals surface area contributed by atoms with Crippen LogP contribution in [0.3, 0.4) is 0 Å². The zero-order valence-corrected chi connectivity index (χ0v) is 11.9. The minimum atomic E-state index is 0.317. The van der Waals surface area contributed by atoms with E-state index >= 15 is 0 Å². The maximum absolute atomic E-state index is 5.58. The molecular formula is C15H26N2. The van der Waals surface area contributed by atoms with E-state index in [1.807, 2.05) is 0 Å². The molecule has 0 saturated carbocycles. The van der Waals surface area contributed by atoms with Crippen molar-refractivity contribution in [3.05, 3.63) is 29.3 Å². The third kappa shape index (κ3) is 4.39. The van der Waals surface area contributed by atoms with Crippen molar-refractivity contribution in [1.82, 2.24) is 0 Å². The lowest BCUT2D eigenvalue weighted by atomic mass is 9.95. The van der Waals surface area contributed by atoms with Crippen LogP contribution >= 0.6 is 0 Å². The molecule has 0 atom stereocenters. The topological polar surface area (TPSA) is 29.3 Å². The van der Waals surface area contributed by atoms with E-state index in [1.165, 1.54) is 16.8 Å². The van der Waals surface area contributed by atoms with E-state index in [-0.39, 0.29) is 0 Å². The standard InChI is InChI=1S/C15H26N2/c1-12-10-13(8-9-16)6-7-14(12)17(5)11-15(2,3)4/h6-7,10H,8-9,11,16H2,1-5H3. The first-order valence-corrected chi connectivity index (χ1v) is 6.34. The van der Waals surface area contributed by atoms with Crippen molar-refractivity contribution in [3.63, 3.8) is 0 Å². The van der Waals surface area contributed by atoms with Crippen molar-refractivity contribution in [2.45, 2.75) is 34.1 Å². The number of rotatable bonds is 4. The number of hydrogen-bond donors (Lipinski definition) is 1. The molecule has 0 unspecified atom stereocenters. The predicted octanol–water partition coefficient (Wildman–Crippen LogP) is 2.98. The van der Waals surface area contributed by atoms with E-state index in [0.717, 1.165) is 19.5 Å². The van der Waals surface area contributed by atoms with Gasteiger partial charge >= 0.3 is 0 Å². The molecule has 0 saturated heterocycles. The minimum Gasteiger partial charge on any atom is -0.374 e. The quantitative estimate of drug-likeness (QED) is 0.868. The molecule has 2 nitrogen and oxygen atoms in total. The number of nitrogens with two attached hydrogens (primary N) is 1. The monoisotopic (exact) mass is 234 g/mol. The minimum absolute atomic E-state index is 0.317. The van der Waals surface area contributed by atoms with Gasteiger partial charge in [-0.15, -0.1) is 0 Å². The lowest BCUT2D eigenvalue weighted by Gasteiger charge is -2.29. The van der Waals surface area contributed by atoms with Crippen LogP contribution in [0.15, 0.2) is 18.2 Å². The molecule has 0 aromatic heterocycles. The Morgan fingerprint density at radius 1 is 1.24 bits per heavy atom. The first-order chi connectivity index (χ1) is 7.83. The van der Waals surface area contributed by atoms with Gasteiger partial charge in [-0.3, -0.25) is 0 Å². The van der Waals surface area contributed by atoms with E-state index in [1.54, 1.807) is 0 Å². The van der Waals surface area contributed by atoms with E-state index in [9.17, 15) is 0 Å². The smallest absolute Gasteiger partial charge is 0.0393 e. The van der Waals surface area contributed by atoms with Crippen LogP contribution in [0.4, 0.5) is 5.69 Å². The summed E-state index contributed by atoms with van der Waals surface area (Å²) in [4.78, 5) is 2.33. The molecule has 0 bridgehead atoms. The molecule has 1 aromatic carbocycles. The van der Waals surface area contributed by atoms with Gasteiger partial charge in [-0.2, -0.15) is 0 Å². The second kappa shape index (κ2) is 5.54. The highest BCUT2D eigenvalue weighted by Gasteiger charge is 2.15. The lowest BCUT2D eigenvalue weighted by molar-refractivity contribution is 0.419. The summed E-state index contributed by atoms with van der Waals surface area (Å²) in [6.07, 6.45) is 0.962. The van der Waals surface area contributed by atoms with Gasteiger partial charge in [0.25, 0.3) is 0 Å². The fourth-order valence-electron chi connectivity index (χ4n) is 2.26. The molecule has 1 aromatic rings. The Morgan fingerprint density at radius 2 is 1.88 bits per heavy atom. The van der Waals surface area contributed by atoms with E-state index in [0.29, 0.717) is 5.41 Å². The summed E-state index contributed by atoms with van der Waals surface area (Å²) in [5, 5.41) is 0. The molecule has 0 heterocycles. The number of hydrogen-bond acceptors (Lipinski definition) is 2. The van der Waals surface area contributed by atoms with Gasteiger partial charge in [0.15, 0.2) is 0 Å². The van der Waals surface area contributed by atoms with Crippen molar-refractivity contribution >= 4 is 5.69 Å². The first-order valence-electron chi connectivity index (χ1n) is 6.34. The summed E-state index contributed by atoms with van der Waals surface area (Å²) in [6, 6.07) is 6.65. The lowest BCUT2D eigenvalue weighted by Crippen LogP contribution is -2.29. The predicted molar refractivity (Wildman–Crippen MR) is 76.7 cm³/mol. The summed E-state index contributed by atoms with van der Waals surface area (Å²) in [6.45, 7) is 10.8. The molecule has 1 rings (SSSR count). The molecule has 0 aliphatic rings. The van der Waals surface area contributed by atoms with Crippen LogP contribution in [0.5, 0.6) is 0 Å². The molecule has 0 amide bonds. The fourth-order valence-corrected chi connectivity index (χ4v) is 2.26. The second-order valence-corrected chi connectivity index (χ2v) is 6.08. The molecule has 2 N–H and O–H groups in total. The van der Waals surface area contributed by atoms with Crippen LogP contribution in [-0.2, 0) is 6.42 Å². The van der Waals surface area contributed by atoms with Crippen molar-refractivity contribution in [3.8, 4) is 0 Å².